The van der Waals surface area contributed by atoms with Gasteiger partial charge in [-0.3, -0.25) is 14.4 Å². The van der Waals surface area contributed by atoms with Crippen molar-refractivity contribution in [1.29, 1.82) is 0 Å². The monoisotopic (exact) mass is 622 g/mol. The average Bonchev–Trinajstić information content (AvgIpc) is 3.36. The van der Waals surface area contributed by atoms with Gasteiger partial charge in [0.1, 0.15) is 0 Å². The van der Waals surface area contributed by atoms with E-state index in [4.69, 9.17) is 37.4 Å². The topological polar surface area (TPSA) is 60.5 Å². The Labute approximate surface area is 250 Å². The first-order chi connectivity index (χ1) is 19.5. The molecule has 1 heterocycles. The molecule has 12 heteroatoms. The third kappa shape index (κ3) is 14.2. The second kappa shape index (κ2) is 18.6. The first kappa shape index (κ1) is 35.3. The standard InChI is InChI=1S/C29H39Cl2F3N2O5/c1-4-5-6-7-22(2)27(35(3)28(37)19-23-8-9-25(30)26(31)18-23)21-36-11-10-24(20-36)40-16-14-38-12-13-39-15-17-41-29(32,33)34/h4-9,18,24,27H,2,10-17,19-21H2,1,3H3/b5-4-,7-6-/t24-,27+/m0/s1. The molecule has 1 aliphatic heterocycles. The molecule has 0 aliphatic carbocycles. The van der Waals surface area contributed by atoms with Gasteiger partial charge >= 0.3 is 6.36 Å². The summed E-state index contributed by atoms with van der Waals surface area (Å²) in [5, 5.41) is 0.850. The van der Waals surface area contributed by atoms with Crippen molar-refractivity contribution in [2.75, 3.05) is 66.3 Å². The molecular weight excluding hydrogens is 584 g/mol. The van der Waals surface area contributed by atoms with E-state index in [0.717, 1.165) is 24.1 Å². The minimum Gasteiger partial charge on any atom is -0.377 e. The second-order valence-corrected chi connectivity index (χ2v) is 10.3. The third-order valence-electron chi connectivity index (χ3n) is 6.35. The average molecular weight is 624 g/mol. The van der Waals surface area contributed by atoms with Crippen LogP contribution in [-0.2, 0) is 30.2 Å². The van der Waals surface area contributed by atoms with Crippen LogP contribution in [0.2, 0.25) is 10.0 Å². The lowest BCUT2D eigenvalue weighted by molar-refractivity contribution is -0.327. The molecule has 230 valence electrons. The predicted molar refractivity (Wildman–Crippen MR) is 154 cm³/mol. The molecule has 0 radical (unpaired) electrons. The molecular formula is C29H39Cl2F3N2O5. The van der Waals surface area contributed by atoms with Crippen LogP contribution in [0.5, 0.6) is 0 Å². The van der Waals surface area contributed by atoms with E-state index in [1.54, 1.807) is 30.1 Å². The Bertz CT molecular complexity index is 1020. The summed E-state index contributed by atoms with van der Waals surface area (Å²) in [5.41, 5.74) is 1.60. The van der Waals surface area contributed by atoms with Gasteiger partial charge in [0.15, 0.2) is 0 Å². The summed E-state index contributed by atoms with van der Waals surface area (Å²) in [6.45, 7) is 8.75. The molecule has 0 N–H and O–H groups in total. The molecule has 0 aromatic heterocycles. The molecule has 1 saturated heterocycles. The number of hydrogen-bond donors (Lipinski definition) is 0. The normalized spacial score (nSPS) is 17.1. The van der Waals surface area contributed by atoms with Crippen LogP contribution in [0.15, 0.2) is 54.7 Å². The largest absolute Gasteiger partial charge is 0.522 e. The van der Waals surface area contributed by atoms with Crippen LogP contribution in [0.25, 0.3) is 0 Å². The first-order valence-electron chi connectivity index (χ1n) is 13.4. The minimum absolute atomic E-state index is 0.0269. The van der Waals surface area contributed by atoms with Crippen molar-refractivity contribution in [3.8, 4) is 0 Å². The number of likely N-dealkylation sites (N-methyl/N-ethyl adjacent to an activating group) is 1. The number of alkyl halides is 3. The zero-order valence-corrected chi connectivity index (χ0v) is 25.0. The zero-order valence-electron chi connectivity index (χ0n) is 23.5. The van der Waals surface area contributed by atoms with E-state index in [1.165, 1.54) is 0 Å². The van der Waals surface area contributed by atoms with Crippen LogP contribution >= 0.6 is 23.2 Å². The molecule has 0 unspecified atom stereocenters. The maximum absolute atomic E-state index is 13.2. The fraction of sp³-hybridized carbons (Fsp3) is 0.552. The fourth-order valence-corrected chi connectivity index (χ4v) is 4.49. The highest BCUT2D eigenvalue weighted by Crippen LogP contribution is 2.24. The summed E-state index contributed by atoms with van der Waals surface area (Å²) >= 11 is 12.1. The number of likely N-dealkylation sites (tertiary alicyclic amines) is 1. The highest BCUT2D eigenvalue weighted by atomic mass is 35.5. The summed E-state index contributed by atoms with van der Waals surface area (Å²) in [7, 11) is 1.79. The number of amides is 1. The summed E-state index contributed by atoms with van der Waals surface area (Å²) in [6.07, 6.45) is 4.07. The van der Waals surface area contributed by atoms with Gasteiger partial charge in [0.05, 0.1) is 68.3 Å². The Balaban J connectivity index is 1.79. The number of rotatable bonds is 18. The summed E-state index contributed by atoms with van der Waals surface area (Å²) in [5.74, 6) is -0.0602. The highest BCUT2D eigenvalue weighted by Gasteiger charge is 2.30. The lowest BCUT2D eigenvalue weighted by Gasteiger charge is -2.32. The number of halogens is 5. The van der Waals surface area contributed by atoms with Crippen molar-refractivity contribution in [3.63, 3.8) is 0 Å². The molecule has 0 spiro atoms. The number of benzene rings is 1. The molecule has 1 aromatic rings. The quantitative estimate of drug-likeness (QED) is 0.154. The van der Waals surface area contributed by atoms with Crippen molar-refractivity contribution in [3.05, 3.63) is 70.3 Å². The van der Waals surface area contributed by atoms with Gasteiger partial charge in [-0.05, 0) is 36.6 Å². The lowest BCUT2D eigenvalue weighted by Crippen LogP contribution is -2.46. The smallest absolute Gasteiger partial charge is 0.377 e. The molecule has 0 bridgehead atoms. The number of hydrogen-bond acceptors (Lipinski definition) is 6. The molecule has 2 atom stereocenters. The molecule has 2 rings (SSSR count). The van der Waals surface area contributed by atoms with Gasteiger partial charge in [-0.2, -0.15) is 0 Å². The number of nitrogens with zero attached hydrogens (tertiary/aromatic N) is 2. The Morgan fingerprint density at radius 1 is 1.12 bits per heavy atom. The number of carbonyl (C=O) groups excluding carboxylic acids is 1. The van der Waals surface area contributed by atoms with Gasteiger partial charge in [0, 0.05) is 26.7 Å². The molecule has 0 saturated carbocycles. The Morgan fingerprint density at radius 2 is 1.80 bits per heavy atom. The third-order valence-corrected chi connectivity index (χ3v) is 7.09. The van der Waals surface area contributed by atoms with Crippen molar-refractivity contribution >= 4 is 29.1 Å². The van der Waals surface area contributed by atoms with E-state index in [0.29, 0.717) is 36.3 Å². The van der Waals surface area contributed by atoms with E-state index in [-0.39, 0.29) is 44.3 Å². The van der Waals surface area contributed by atoms with Crippen LogP contribution < -0.4 is 0 Å². The summed E-state index contributed by atoms with van der Waals surface area (Å²) in [6, 6.07) is 4.95. The molecule has 7 nitrogen and oxygen atoms in total. The maximum atomic E-state index is 13.2. The van der Waals surface area contributed by atoms with Gasteiger partial charge in [-0.1, -0.05) is 60.2 Å². The van der Waals surface area contributed by atoms with Crippen LogP contribution in [0.3, 0.4) is 0 Å². The number of ether oxygens (including phenoxy) is 4. The fourth-order valence-electron chi connectivity index (χ4n) is 4.17. The zero-order chi connectivity index (χ0) is 30.3. The predicted octanol–water partition coefficient (Wildman–Crippen LogP) is 5.71. The van der Waals surface area contributed by atoms with Crippen LogP contribution in [0, 0.1) is 0 Å². The lowest BCUT2D eigenvalue weighted by atomic mass is 10.0. The van der Waals surface area contributed by atoms with Crippen molar-refractivity contribution in [1.82, 2.24) is 9.80 Å². The van der Waals surface area contributed by atoms with E-state index in [9.17, 15) is 18.0 Å². The molecule has 1 amide bonds. The SMILES string of the molecule is C=C(/C=C\C=C/C)[C@@H](CN1CC[C@H](OCCOCCOCCOC(F)(F)F)C1)N(C)C(=O)Cc1ccc(Cl)c(Cl)c1. The maximum Gasteiger partial charge on any atom is 0.522 e. The van der Waals surface area contributed by atoms with E-state index in [1.807, 2.05) is 31.2 Å². The molecule has 1 aromatic carbocycles. The van der Waals surface area contributed by atoms with Crippen molar-refractivity contribution < 1.29 is 36.9 Å². The van der Waals surface area contributed by atoms with Crippen LogP contribution in [-0.4, -0.2) is 101 Å². The second-order valence-electron chi connectivity index (χ2n) is 9.47. The van der Waals surface area contributed by atoms with Gasteiger partial charge in [0.2, 0.25) is 5.91 Å². The van der Waals surface area contributed by atoms with Gasteiger partial charge in [-0.25, -0.2) is 0 Å². The highest BCUT2D eigenvalue weighted by molar-refractivity contribution is 6.42. The van der Waals surface area contributed by atoms with E-state index in [2.05, 4.69) is 16.2 Å². The Hall–Kier alpha value is -1.92. The van der Waals surface area contributed by atoms with Gasteiger partial charge in [-0.15, -0.1) is 13.2 Å². The Kier molecular flexibility index (Phi) is 16.0. The number of carbonyl (C=O) groups is 1. The van der Waals surface area contributed by atoms with Gasteiger partial charge < -0.3 is 19.1 Å². The summed E-state index contributed by atoms with van der Waals surface area (Å²) < 4.78 is 55.7. The van der Waals surface area contributed by atoms with Crippen molar-refractivity contribution in [2.45, 2.75) is 38.3 Å². The van der Waals surface area contributed by atoms with Crippen LogP contribution in [0.1, 0.15) is 18.9 Å². The Morgan fingerprint density at radius 3 is 2.46 bits per heavy atom. The van der Waals surface area contributed by atoms with Crippen LogP contribution in [0.4, 0.5) is 13.2 Å². The van der Waals surface area contributed by atoms with Gasteiger partial charge in [0.25, 0.3) is 0 Å². The van der Waals surface area contributed by atoms with E-state index < -0.39 is 13.0 Å². The molecule has 1 fully saturated rings. The minimum atomic E-state index is -4.65. The number of allylic oxidation sites excluding steroid dienone is 3. The molecule has 41 heavy (non-hydrogen) atoms. The molecule has 1 aliphatic rings. The van der Waals surface area contributed by atoms with Crippen molar-refractivity contribution in [2.24, 2.45) is 0 Å². The summed E-state index contributed by atoms with van der Waals surface area (Å²) in [4.78, 5) is 17.2. The van der Waals surface area contributed by atoms with E-state index >= 15 is 0 Å². The first-order valence-corrected chi connectivity index (χ1v) is 14.1.